The molecule has 0 aliphatic carbocycles. The normalized spacial score (nSPS) is 19.2. The number of carbonyl (C=O) groups excluding carboxylic acids is 1. The van der Waals surface area contributed by atoms with E-state index in [0.29, 0.717) is 5.56 Å². The lowest BCUT2D eigenvalue weighted by atomic mass is 9.99. The van der Waals surface area contributed by atoms with Crippen LogP contribution in [0.25, 0.3) is 0 Å². The molecule has 0 fully saturated rings. The van der Waals surface area contributed by atoms with Crippen LogP contribution in [0, 0.1) is 6.92 Å². The number of esters is 1. The number of hydrogen-bond donors (Lipinski definition) is 2. The highest BCUT2D eigenvalue weighted by Gasteiger charge is 2.35. The van der Waals surface area contributed by atoms with Crippen LogP contribution >= 0.6 is 0 Å². The molecule has 0 aromatic heterocycles. The van der Waals surface area contributed by atoms with Crippen LogP contribution in [-0.4, -0.2) is 43.4 Å². The van der Waals surface area contributed by atoms with Crippen molar-refractivity contribution in [3.63, 3.8) is 0 Å². The van der Waals surface area contributed by atoms with Gasteiger partial charge in [0.25, 0.3) is 0 Å². The lowest BCUT2D eigenvalue weighted by Crippen LogP contribution is -2.46. The third-order valence-electron chi connectivity index (χ3n) is 3.81. The Morgan fingerprint density at radius 3 is 2.48 bits per heavy atom. The fourth-order valence-electron chi connectivity index (χ4n) is 2.43. The van der Waals surface area contributed by atoms with Gasteiger partial charge in [0.1, 0.15) is 0 Å². The zero-order valence-corrected chi connectivity index (χ0v) is 14.7. The smallest absolute Gasteiger partial charge is 0.335 e. The summed E-state index contributed by atoms with van der Waals surface area (Å²) >= 11 is 0. The molecule has 8 nitrogen and oxygen atoms in total. The average Bonchev–Trinajstić information content (AvgIpc) is 2.55. The van der Waals surface area contributed by atoms with E-state index in [2.05, 4.69) is 9.46 Å². The summed E-state index contributed by atoms with van der Waals surface area (Å²) in [6.45, 7) is 1.85. The van der Waals surface area contributed by atoms with Gasteiger partial charge in [-0.15, -0.1) is 0 Å². The molecule has 1 aromatic carbocycles. The lowest BCUT2D eigenvalue weighted by molar-refractivity contribution is -0.140. The molecule has 1 aliphatic rings. The van der Waals surface area contributed by atoms with E-state index in [1.54, 1.807) is 24.3 Å². The molecule has 1 aliphatic heterocycles. The number of hydrogen-bond acceptors (Lipinski definition) is 5. The van der Waals surface area contributed by atoms with Gasteiger partial charge in [0, 0.05) is 19.2 Å². The molecule has 2 rings (SSSR count). The molecule has 1 atom stereocenters. The number of benzene rings is 1. The number of nitrogens with zero attached hydrogens (tertiary/aromatic N) is 1. The Labute approximate surface area is 146 Å². The standard InChI is InChI=1S/C16H20N2O6S/c1-11-5-7-12(8-6-11)15-13(16(20)21)10-18(25(22,23)17-15)9-3-4-14(19)24-2/h5-8,10,15,17H,3-4,9H2,1-2H3,(H,20,21). The van der Waals surface area contributed by atoms with Crippen molar-refractivity contribution in [1.29, 1.82) is 0 Å². The van der Waals surface area contributed by atoms with Crippen LogP contribution in [0.15, 0.2) is 36.0 Å². The van der Waals surface area contributed by atoms with Crippen LogP contribution in [-0.2, 0) is 24.5 Å². The van der Waals surface area contributed by atoms with Crippen LogP contribution in [0.1, 0.15) is 30.0 Å². The largest absolute Gasteiger partial charge is 0.478 e. The first-order valence-electron chi connectivity index (χ1n) is 7.62. The molecule has 0 spiro atoms. The van der Waals surface area contributed by atoms with Crippen LogP contribution in [0.3, 0.4) is 0 Å². The summed E-state index contributed by atoms with van der Waals surface area (Å²) in [4.78, 5) is 22.7. The monoisotopic (exact) mass is 368 g/mol. The summed E-state index contributed by atoms with van der Waals surface area (Å²) in [6.07, 6.45) is 1.36. The van der Waals surface area contributed by atoms with Gasteiger partial charge in [-0.1, -0.05) is 29.8 Å². The maximum atomic E-state index is 12.4. The quantitative estimate of drug-likeness (QED) is 0.727. The highest BCUT2D eigenvalue weighted by Crippen LogP contribution is 2.28. The van der Waals surface area contributed by atoms with Gasteiger partial charge in [-0.2, -0.15) is 13.1 Å². The zero-order chi connectivity index (χ0) is 18.6. The molecule has 9 heteroatoms. The second-order valence-electron chi connectivity index (χ2n) is 5.65. The summed E-state index contributed by atoms with van der Waals surface area (Å²) in [7, 11) is -2.66. The molecular formula is C16H20N2O6S. The molecule has 0 radical (unpaired) electrons. The number of methoxy groups -OCH3 is 1. The predicted octanol–water partition coefficient (Wildman–Crippen LogP) is 1.11. The minimum Gasteiger partial charge on any atom is -0.478 e. The van der Waals surface area contributed by atoms with Crippen molar-refractivity contribution in [2.45, 2.75) is 25.8 Å². The van der Waals surface area contributed by atoms with Gasteiger partial charge >= 0.3 is 22.1 Å². The zero-order valence-electron chi connectivity index (χ0n) is 13.9. The Balaban J connectivity index is 2.28. The third-order valence-corrected chi connectivity index (χ3v) is 5.25. The fraction of sp³-hybridized carbons (Fsp3) is 0.375. The SMILES string of the molecule is COC(=O)CCCN1C=C(C(=O)O)C(c2ccc(C)cc2)NS1(=O)=O. The van der Waals surface area contributed by atoms with Gasteiger partial charge in [0.15, 0.2) is 0 Å². The van der Waals surface area contributed by atoms with Crippen LogP contribution in [0.5, 0.6) is 0 Å². The Kier molecular flexibility index (Phi) is 5.81. The van der Waals surface area contributed by atoms with Crippen LogP contribution in [0.2, 0.25) is 0 Å². The van der Waals surface area contributed by atoms with Gasteiger partial charge < -0.3 is 9.84 Å². The van der Waals surface area contributed by atoms with Crippen molar-refractivity contribution < 1.29 is 27.9 Å². The van der Waals surface area contributed by atoms with E-state index in [1.807, 2.05) is 6.92 Å². The first-order valence-corrected chi connectivity index (χ1v) is 9.06. The minimum absolute atomic E-state index is 0.0260. The molecule has 1 aromatic rings. The Morgan fingerprint density at radius 2 is 1.92 bits per heavy atom. The van der Waals surface area contributed by atoms with Crippen LogP contribution < -0.4 is 4.72 Å². The second-order valence-corrected chi connectivity index (χ2v) is 7.30. The number of nitrogens with one attached hydrogen (secondary N) is 1. The highest BCUT2D eigenvalue weighted by molar-refractivity contribution is 7.87. The minimum atomic E-state index is -3.91. The molecule has 2 N–H and O–H groups in total. The molecule has 0 saturated heterocycles. The van der Waals surface area contributed by atoms with Gasteiger partial charge in [0.2, 0.25) is 0 Å². The number of rotatable bonds is 6. The molecule has 0 bridgehead atoms. The van der Waals surface area contributed by atoms with Gasteiger partial charge in [-0.25, -0.2) is 4.79 Å². The Hall–Kier alpha value is -2.39. The van der Waals surface area contributed by atoms with Crippen molar-refractivity contribution in [1.82, 2.24) is 9.03 Å². The number of carboxylic acids is 1. The van der Waals surface area contributed by atoms with E-state index < -0.39 is 28.2 Å². The van der Waals surface area contributed by atoms with E-state index in [4.69, 9.17) is 0 Å². The number of aliphatic carboxylic acids is 1. The fourth-order valence-corrected chi connectivity index (χ4v) is 3.75. The van der Waals surface area contributed by atoms with Gasteiger partial charge in [-0.3, -0.25) is 9.10 Å². The molecule has 0 amide bonds. The molecule has 136 valence electrons. The second kappa shape index (κ2) is 7.66. The van der Waals surface area contributed by atoms with Crippen LogP contribution in [0.4, 0.5) is 0 Å². The van der Waals surface area contributed by atoms with Crippen molar-refractivity contribution in [3.05, 3.63) is 47.2 Å². The summed E-state index contributed by atoms with van der Waals surface area (Å²) < 4.78 is 32.6. The van der Waals surface area contributed by atoms with Crippen molar-refractivity contribution in [3.8, 4) is 0 Å². The van der Waals surface area contributed by atoms with Gasteiger partial charge in [-0.05, 0) is 18.9 Å². The first-order chi connectivity index (χ1) is 11.7. The van der Waals surface area contributed by atoms with E-state index in [9.17, 15) is 23.1 Å². The van der Waals surface area contributed by atoms with E-state index >= 15 is 0 Å². The topological polar surface area (TPSA) is 113 Å². The molecular weight excluding hydrogens is 348 g/mol. The highest BCUT2D eigenvalue weighted by atomic mass is 32.2. The van der Waals surface area contributed by atoms with Gasteiger partial charge in [0.05, 0.1) is 18.7 Å². The molecule has 0 saturated carbocycles. The Bertz CT molecular complexity index is 785. The Morgan fingerprint density at radius 1 is 1.28 bits per heavy atom. The number of aryl methyl sites for hydroxylation is 1. The van der Waals surface area contributed by atoms with E-state index in [0.717, 1.165) is 16.1 Å². The maximum absolute atomic E-state index is 12.4. The number of carbonyl (C=O) groups is 2. The molecule has 1 heterocycles. The lowest BCUT2D eigenvalue weighted by Gasteiger charge is -2.31. The molecule has 25 heavy (non-hydrogen) atoms. The summed E-state index contributed by atoms with van der Waals surface area (Å²) in [5, 5.41) is 9.46. The van der Waals surface area contributed by atoms with E-state index in [-0.39, 0.29) is 25.0 Å². The van der Waals surface area contributed by atoms with Crippen molar-refractivity contribution in [2.24, 2.45) is 0 Å². The third kappa shape index (κ3) is 4.58. The first kappa shape index (κ1) is 18.9. The van der Waals surface area contributed by atoms with Crippen molar-refractivity contribution >= 4 is 22.1 Å². The maximum Gasteiger partial charge on any atom is 0.335 e. The summed E-state index contributed by atoms with van der Waals surface area (Å²) in [5.74, 6) is -1.67. The summed E-state index contributed by atoms with van der Waals surface area (Å²) in [5.41, 5.74) is 1.43. The number of carboxylic acid groups (broad SMARTS) is 1. The summed E-state index contributed by atoms with van der Waals surface area (Å²) in [6, 6.07) is 5.97. The molecule has 1 unspecified atom stereocenters. The van der Waals surface area contributed by atoms with E-state index in [1.165, 1.54) is 7.11 Å². The predicted molar refractivity (Wildman–Crippen MR) is 89.7 cm³/mol. The number of ether oxygens (including phenoxy) is 1. The average molecular weight is 368 g/mol. The van der Waals surface area contributed by atoms with Crippen molar-refractivity contribution in [2.75, 3.05) is 13.7 Å².